The van der Waals surface area contributed by atoms with Crippen LogP contribution in [0.15, 0.2) is 0 Å². The molecule has 33 heavy (non-hydrogen) atoms. The third-order valence-corrected chi connectivity index (χ3v) is 7.61. The first-order valence-corrected chi connectivity index (χ1v) is 17.2. The van der Waals surface area contributed by atoms with Crippen molar-refractivity contribution in [2.75, 3.05) is 24.0 Å². The molecule has 4 atom stereocenters. The van der Waals surface area contributed by atoms with E-state index < -0.39 is 21.6 Å². The van der Waals surface area contributed by atoms with Crippen LogP contribution in [-0.4, -0.2) is 54.9 Å². The Morgan fingerprint density at radius 2 is 0.879 bits per heavy atom. The van der Waals surface area contributed by atoms with Crippen LogP contribution in [0.1, 0.15) is 136 Å². The van der Waals surface area contributed by atoms with E-state index in [0.717, 1.165) is 25.7 Å². The normalized spacial score (nSPS) is 14.8. The number of rotatable bonds is 23. The van der Waals surface area contributed by atoms with Crippen LogP contribution >= 0.6 is 0 Å². The summed E-state index contributed by atoms with van der Waals surface area (Å²) in [6.45, 7) is 4.48. The quantitative estimate of drug-likeness (QED) is 0.147. The summed E-state index contributed by atoms with van der Waals surface area (Å²) in [5.41, 5.74) is 0. The van der Waals surface area contributed by atoms with Crippen LogP contribution in [0.5, 0.6) is 0 Å². The predicted molar refractivity (Wildman–Crippen MR) is 149 cm³/mol. The first kappa shape index (κ1) is 35.4. The minimum Gasteiger partial charge on any atom is -0.393 e. The van der Waals surface area contributed by atoms with Crippen LogP contribution in [0.2, 0.25) is 0 Å². The van der Waals surface area contributed by atoms with Gasteiger partial charge in [-0.3, -0.25) is 8.42 Å². The highest BCUT2D eigenvalue weighted by Gasteiger charge is 2.06. The molecule has 0 aliphatic carbocycles. The molecule has 0 radical (unpaired) electrons. The Labute approximate surface area is 212 Å². The van der Waals surface area contributed by atoms with Crippen molar-refractivity contribution in [3.05, 3.63) is 0 Å². The molecule has 0 aromatic heterocycles. The molecule has 4 nitrogen and oxygen atoms in total. The van der Waals surface area contributed by atoms with Crippen LogP contribution in [0.25, 0.3) is 0 Å². The smallest absolute Gasteiger partial charge is 0.0655 e. The summed E-state index contributed by atoms with van der Waals surface area (Å²) in [6, 6.07) is 0. The lowest BCUT2D eigenvalue weighted by molar-refractivity contribution is 0.157. The monoisotopic (exact) mass is 510 g/mol. The Hall–Kier alpha value is 0.220. The van der Waals surface area contributed by atoms with Gasteiger partial charge in [0.15, 0.2) is 0 Å². The van der Waals surface area contributed by atoms with Gasteiger partial charge in [0.1, 0.15) is 0 Å². The molecule has 0 fully saturated rings. The van der Waals surface area contributed by atoms with E-state index in [9.17, 15) is 18.6 Å². The van der Waals surface area contributed by atoms with Crippen LogP contribution in [-0.2, 0) is 21.6 Å². The Morgan fingerprint density at radius 1 is 0.515 bits per heavy atom. The lowest BCUT2D eigenvalue weighted by atomic mass is 10.0. The summed E-state index contributed by atoms with van der Waals surface area (Å²) < 4.78 is 21.7. The number of unbranched alkanes of at least 4 members (excludes halogenated alkanes) is 14. The molecular weight excluding hydrogens is 452 g/mol. The van der Waals surface area contributed by atoms with Crippen molar-refractivity contribution >= 4 is 21.6 Å². The second kappa shape index (κ2) is 28.5. The van der Waals surface area contributed by atoms with Gasteiger partial charge in [0.05, 0.1) is 12.2 Å². The standard InChI is InChI=1S/C14H30O2S.C13H28O2S/c1-3-4-5-6-7-8-9-10-11-14(15)12-13-17(2)16;1-3-4-5-6-7-8-9-10-11-13(14)12-16(2)15/h14-15H,3-13H2,1-2H3;13-14H,3-12H2,1-2H3. The minimum atomic E-state index is -0.858. The third kappa shape index (κ3) is 34.5. The van der Waals surface area contributed by atoms with Crippen LogP contribution in [0.3, 0.4) is 0 Å². The third-order valence-electron chi connectivity index (χ3n) is 5.95. The molecule has 4 unspecified atom stereocenters. The fourth-order valence-electron chi connectivity index (χ4n) is 3.83. The van der Waals surface area contributed by atoms with E-state index in [1.807, 2.05) is 0 Å². The highest BCUT2D eigenvalue weighted by molar-refractivity contribution is 7.84. The van der Waals surface area contributed by atoms with Crippen molar-refractivity contribution in [1.82, 2.24) is 0 Å². The van der Waals surface area contributed by atoms with E-state index in [4.69, 9.17) is 0 Å². The molecule has 0 bridgehead atoms. The zero-order valence-corrected chi connectivity index (χ0v) is 24.2. The first-order valence-electron chi connectivity index (χ1n) is 13.8. The summed E-state index contributed by atoms with van der Waals surface area (Å²) in [7, 11) is -1.62. The minimum absolute atomic E-state index is 0.237. The second-order valence-corrected chi connectivity index (χ2v) is 12.7. The molecular formula is C27H58O4S2. The molecule has 202 valence electrons. The maximum absolute atomic E-state index is 10.8. The predicted octanol–water partition coefficient (Wildman–Crippen LogP) is 6.90. The van der Waals surface area contributed by atoms with Gasteiger partial charge >= 0.3 is 0 Å². The lowest BCUT2D eigenvalue weighted by Crippen LogP contribution is -2.15. The van der Waals surface area contributed by atoms with E-state index >= 15 is 0 Å². The maximum Gasteiger partial charge on any atom is 0.0655 e. The summed E-state index contributed by atoms with van der Waals surface area (Å²) in [5.74, 6) is 1.08. The number of hydrogen-bond donors (Lipinski definition) is 2. The Balaban J connectivity index is 0. The Morgan fingerprint density at radius 3 is 1.24 bits per heavy atom. The van der Waals surface area contributed by atoms with Gasteiger partial charge in [0, 0.05) is 45.6 Å². The average Bonchev–Trinajstić information content (AvgIpc) is 2.76. The van der Waals surface area contributed by atoms with Gasteiger partial charge in [-0.1, -0.05) is 117 Å². The summed E-state index contributed by atoms with van der Waals surface area (Å²) >= 11 is 0. The fourth-order valence-corrected chi connectivity index (χ4v) is 5.14. The number of aliphatic hydroxyl groups excluding tert-OH is 2. The second-order valence-electron chi connectivity index (χ2n) is 9.64. The van der Waals surface area contributed by atoms with Crippen molar-refractivity contribution < 1.29 is 18.6 Å². The van der Waals surface area contributed by atoms with E-state index in [-0.39, 0.29) is 12.2 Å². The Kier molecular flexibility index (Phi) is 30.5. The van der Waals surface area contributed by atoms with Crippen molar-refractivity contribution in [1.29, 1.82) is 0 Å². The molecule has 6 heteroatoms. The molecule has 0 aromatic carbocycles. The fraction of sp³-hybridized carbons (Fsp3) is 1.00. The maximum atomic E-state index is 10.8. The first-order chi connectivity index (χ1) is 15.8. The van der Waals surface area contributed by atoms with Crippen LogP contribution in [0, 0.1) is 0 Å². The van der Waals surface area contributed by atoms with E-state index in [0.29, 0.717) is 17.9 Å². The number of aliphatic hydroxyl groups is 2. The molecule has 0 aromatic rings. The Bertz CT molecular complexity index is 432. The summed E-state index contributed by atoms with van der Waals surface area (Å²) in [6.07, 6.45) is 25.8. The van der Waals surface area contributed by atoms with E-state index in [2.05, 4.69) is 13.8 Å². The van der Waals surface area contributed by atoms with Gasteiger partial charge < -0.3 is 10.2 Å². The van der Waals surface area contributed by atoms with Gasteiger partial charge in [-0.15, -0.1) is 0 Å². The van der Waals surface area contributed by atoms with Crippen molar-refractivity contribution in [2.45, 2.75) is 148 Å². The number of hydrogen-bond acceptors (Lipinski definition) is 4. The van der Waals surface area contributed by atoms with Gasteiger partial charge in [-0.25, -0.2) is 0 Å². The molecule has 0 saturated carbocycles. The summed E-state index contributed by atoms with van der Waals surface area (Å²) in [5, 5.41) is 19.1. The zero-order chi connectivity index (χ0) is 25.2. The van der Waals surface area contributed by atoms with Crippen molar-refractivity contribution in [2.24, 2.45) is 0 Å². The molecule has 0 heterocycles. The zero-order valence-electron chi connectivity index (χ0n) is 22.5. The topological polar surface area (TPSA) is 74.6 Å². The van der Waals surface area contributed by atoms with Gasteiger partial charge in [0.2, 0.25) is 0 Å². The lowest BCUT2D eigenvalue weighted by Gasteiger charge is -2.09. The van der Waals surface area contributed by atoms with Gasteiger partial charge in [-0.2, -0.15) is 0 Å². The van der Waals surface area contributed by atoms with Gasteiger partial charge in [0.25, 0.3) is 0 Å². The van der Waals surface area contributed by atoms with E-state index in [1.54, 1.807) is 12.5 Å². The average molecular weight is 511 g/mol. The van der Waals surface area contributed by atoms with Crippen molar-refractivity contribution in [3.63, 3.8) is 0 Å². The van der Waals surface area contributed by atoms with Crippen LogP contribution < -0.4 is 0 Å². The molecule has 0 amide bonds. The van der Waals surface area contributed by atoms with Gasteiger partial charge in [-0.05, 0) is 19.3 Å². The molecule has 0 spiro atoms. The SMILES string of the molecule is CCCCCCCCCCC(O)CCS(C)=O.CCCCCCCCCCC(O)CS(C)=O. The molecule has 0 rings (SSSR count). The van der Waals surface area contributed by atoms with Crippen molar-refractivity contribution in [3.8, 4) is 0 Å². The van der Waals surface area contributed by atoms with Crippen LogP contribution in [0.4, 0.5) is 0 Å². The highest BCUT2D eigenvalue weighted by Crippen LogP contribution is 2.12. The molecule has 2 N–H and O–H groups in total. The highest BCUT2D eigenvalue weighted by atomic mass is 32.2. The molecule has 0 aliphatic rings. The molecule has 0 aliphatic heterocycles. The molecule has 0 saturated heterocycles. The summed E-state index contributed by atoms with van der Waals surface area (Å²) in [4.78, 5) is 0. The largest absolute Gasteiger partial charge is 0.393 e. The van der Waals surface area contributed by atoms with E-state index in [1.165, 1.54) is 89.9 Å².